The van der Waals surface area contributed by atoms with E-state index in [0.717, 1.165) is 12.2 Å². The number of nitrogens with one attached hydrogen (secondary N) is 2. The van der Waals surface area contributed by atoms with Crippen LogP contribution >= 0.6 is 0 Å². The van der Waals surface area contributed by atoms with E-state index in [1.54, 1.807) is 43.5 Å². The van der Waals surface area contributed by atoms with E-state index >= 15 is 0 Å². The molecule has 0 bridgehead atoms. The number of ether oxygens (including phenoxy) is 3. The molecule has 0 fully saturated rings. The highest BCUT2D eigenvalue weighted by Gasteiger charge is 2.13. The van der Waals surface area contributed by atoms with Crippen molar-refractivity contribution in [1.29, 1.82) is 0 Å². The SMILES string of the molecule is CCCCCCCOc1ccc(NC(=O)/C(=C/c2ccc(OC)c(OC)c2)NC(C)=O)cc1. The van der Waals surface area contributed by atoms with Gasteiger partial charge in [0.2, 0.25) is 5.91 Å². The monoisotopic (exact) mass is 454 g/mol. The number of rotatable bonds is 13. The van der Waals surface area contributed by atoms with Crippen LogP contribution in [0, 0.1) is 0 Å². The number of hydrogen-bond donors (Lipinski definition) is 2. The van der Waals surface area contributed by atoms with Crippen molar-refractivity contribution in [3.05, 3.63) is 53.7 Å². The van der Waals surface area contributed by atoms with Crippen molar-refractivity contribution in [2.75, 3.05) is 26.1 Å². The summed E-state index contributed by atoms with van der Waals surface area (Å²) in [5, 5.41) is 5.39. The molecule has 0 radical (unpaired) electrons. The second kappa shape index (κ2) is 13.8. The van der Waals surface area contributed by atoms with Crippen LogP contribution in [0.3, 0.4) is 0 Å². The quantitative estimate of drug-likeness (QED) is 0.322. The summed E-state index contributed by atoms with van der Waals surface area (Å²) >= 11 is 0. The Balaban J connectivity index is 2.03. The van der Waals surface area contributed by atoms with Crippen molar-refractivity contribution in [1.82, 2.24) is 5.32 Å². The number of anilines is 1. The lowest BCUT2D eigenvalue weighted by Gasteiger charge is -2.12. The Bertz CT molecular complexity index is 938. The second-order valence-electron chi connectivity index (χ2n) is 7.59. The van der Waals surface area contributed by atoms with Crippen LogP contribution in [0.15, 0.2) is 48.2 Å². The molecule has 33 heavy (non-hydrogen) atoms. The summed E-state index contributed by atoms with van der Waals surface area (Å²) in [6, 6.07) is 12.4. The second-order valence-corrected chi connectivity index (χ2v) is 7.59. The Labute approximate surface area is 196 Å². The van der Waals surface area contributed by atoms with E-state index in [4.69, 9.17) is 14.2 Å². The summed E-state index contributed by atoms with van der Waals surface area (Å²) in [4.78, 5) is 24.5. The van der Waals surface area contributed by atoms with Gasteiger partial charge in [0.05, 0.1) is 20.8 Å². The number of amides is 2. The fourth-order valence-corrected chi connectivity index (χ4v) is 3.19. The highest BCUT2D eigenvalue weighted by Crippen LogP contribution is 2.28. The summed E-state index contributed by atoms with van der Waals surface area (Å²) in [7, 11) is 3.08. The standard InChI is InChI=1S/C26H34N2O5/c1-5-6-7-8-9-16-33-22-13-11-21(12-14-22)28-26(30)23(27-19(2)29)17-20-10-15-24(31-3)25(18-20)32-4/h10-15,17-18H,5-9,16H2,1-4H3,(H,27,29)(H,28,30)/b23-17-. The maximum absolute atomic E-state index is 12.8. The molecule has 0 aliphatic rings. The number of carbonyl (C=O) groups excluding carboxylic acids is 2. The van der Waals surface area contributed by atoms with Crippen LogP contribution in [0.1, 0.15) is 51.5 Å². The average molecular weight is 455 g/mol. The van der Waals surface area contributed by atoms with Crippen LogP contribution in [-0.2, 0) is 9.59 Å². The molecule has 0 unspecified atom stereocenters. The lowest BCUT2D eigenvalue weighted by atomic mass is 10.1. The van der Waals surface area contributed by atoms with Gasteiger partial charge in [-0.1, -0.05) is 38.7 Å². The third-order valence-electron chi connectivity index (χ3n) is 4.90. The van der Waals surface area contributed by atoms with Gasteiger partial charge in [0, 0.05) is 12.6 Å². The van der Waals surface area contributed by atoms with Crippen LogP contribution in [0.5, 0.6) is 17.2 Å². The highest BCUT2D eigenvalue weighted by molar-refractivity contribution is 6.08. The topological polar surface area (TPSA) is 85.9 Å². The number of methoxy groups -OCH3 is 2. The molecule has 2 N–H and O–H groups in total. The van der Waals surface area contributed by atoms with Crippen molar-refractivity contribution in [2.24, 2.45) is 0 Å². The minimum Gasteiger partial charge on any atom is -0.494 e. The molecule has 0 atom stereocenters. The molecule has 0 aromatic heterocycles. The molecule has 0 heterocycles. The first-order valence-corrected chi connectivity index (χ1v) is 11.2. The number of benzene rings is 2. The van der Waals surface area contributed by atoms with Crippen molar-refractivity contribution < 1.29 is 23.8 Å². The molecule has 7 heteroatoms. The Morgan fingerprint density at radius 2 is 1.61 bits per heavy atom. The van der Waals surface area contributed by atoms with E-state index in [0.29, 0.717) is 29.4 Å². The fourth-order valence-electron chi connectivity index (χ4n) is 3.19. The number of unbranched alkanes of at least 4 members (excludes halogenated alkanes) is 4. The van der Waals surface area contributed by atoms with Gasteiger partial charge in [-0.2, -0.15) is 0 Å². The lowest BCUT2D eigenvalue weighted by Crippen LogP contribution is -2.28. The van der Waals surface area contributed by atoms with Crippen molar-refractivity contribution in [3.63, 3.8) is 0 Å². The zero-order valence-electron chi connectivity index (χ0n) is 19.9. The van der Waals surface area contributed by atoms with Gasteiger partial charge < -0.3 is 24.8 Å². The molecule has 0 spiro atoms. The van der Waals surface area contributed by atoms with Crippen LogP contribution in [0.2, 0.25) is 0 Å². The maximum Gasteiger partial charge on any atom is 0.272 e. The summed E-state index contributed by atoms with van der Waals surface area (Å²) < 4.78 is 16.3. The third-order valence-corrected chi connectivity index (χ3v) is 4.90. The molecule has 7 nitrogen and oxygen atoms in total. The molecule has 178 valence electrons. The highest BCUT2D eigenvalue weighted by atomic mass is 16.5. The first-order chi connectivity index (χ1) is 16.0. The number of carbonyl (C=O) groups is 2. The smallest absolute Gasteiger partial charge is 0.272 e. The molecule has 2 rings (SSSR count). The zero-order chi connectivity index (χ0) is 24.1. The Hall–Kier alpha value is -3.48. The van der Waals surface area contributed by atoms with Crippen LogP contribution in [0.4, 0.5) is 5.69 Å². The summed E-state index contributed by atoms with van der Waals surface area (Å²) in [5.74, 6) is 1.06. The first-order valence-electron chi connectivity index (χ1n) is 11.2. The van der Waals surface area contributed by atoms with E-state index in [1.165, 1.54) is 39.7 Å². The van der Waals surface area contributed by atoms with Gasteiger partial charge in [-0.25, -0.2) is 0 Å². The van der Waals surface area contributed by atoms with E-state index in [1.807, 2.05) is 12.1 Å². The van der Waals surface area contributed by atoms with E-state index in [-0.39, 0.29) is 11.6 Å². The third kappa shape index (κ3) is 8.88. The molecule has 2 aromatic carbocycles. The van der Waals surface area contributed by atoms with Gasteiger partial charge in [0.15, 0.2) is 11.5 Å². The average Bonchev–Trinajstić information content (AvgIpc) is 2.81. The minimum absolute atomic E-state index is 0.113. The predicted octanol–water partition coefficient (Wildman–Crippen LogP) is 5.17. The van der Waals surface area contributed by atoms with Crippen molar-refractivity contribution >= 4 is 23.6 Å². The molecular weight excluding hydrogens is 420 g/mol. The molecular formula is C26H34N2O5. The minimum atomic E-state index is -0.440. The number of hydrogen-bond acceptors (Lipinski definition) is 5. The van der Waals surface area contributed by atoms with Crippen molar-refractivity contribution in [3.8, 4) is 17.2 Å². The predicted molar refractivity (Wildman–Crippen MR) is 131 cm³/mol. The maximum atomic E-state index is 12.8. The van der Waals surface area contributed by atoms with E-state index in [2.05, 4.69) is 17.6 Å². The largest absolute Gasteiger partial charge is 0.494 e. The van der Waals surface area contributed by atoms with E-state index in [9.17, 15) is 9.59 Å². The van der Waals surface area contributed by atoms with Gasteiger partial charge in [0.25, 0.3) is 5.91 Å². The summed E-state index contributed by atoms with van der Waals surface area (Å²) in [5.41, 5.74) is 1.38. The molecule has 2 aromatic rings. The van der Waals surface area contributed by atoms with Gasteiger partial charge >= 0.3 is 0 Å². The Morgan fingerprint density at radius 1 is 0.909 bits per heavy atom. The molecule has 0 aliphatic heterocycles. The molecule has 0 saturated carbocycles. The molecule has 2 amide bonds. The van der Waals surface area contributed by atoms with Crippen LogP contribution in [-0.4, -0.2) is 32.6 Å². The van der Waals surface area contributed by atoms with Gasteiger partial charge in [-0.15, -0.1) is 0 Å². The van der Waals surface area contributed by atoms with Crippen LogP contribution in [0.25, 0.3) is 6.08 Å². The Kier molecular flexibility index (Phi) is 10.8. The first kappa shape index (κ1) is 25.8. The normalized spacial score (nSPS) is 11.0. The molecule has 0 saturated heterocycles. The van der Waals surface area contributed by atoms with Gasteiger partial charge in [-0.3, -0.25) is 9.59 Å². The fraction of sp³-hybridized carbons (Fsp3) is 0.385. The summed E-state index contributed by atoms with van der Waals surface area (Å²) in [6.45, 7) is 4.22. The van der Waals surface area contributed by atoms with Crippen LogP contribution < -0.4 is 24.8 Å². The van der Waals surface area contributed by atoms with Crippen molar-refractivity contribution in [2.45, 2.75) is 46.0 Å². The Morgan fingerprint density at radius 3 is 2.24 bits per heavy atom. The molecule has 0 aliphatic carbocycles. The van der Waals surface area contributed by atoms with Gasteiger partial charge in [-0.05, 0) is 54.5 Å². The lowest BCUT2D eigenvalue weighted by molar-refractivity contribution is -0.120. The zero-order valence-corrected chi connectivity index (χ0v) is 19.9. The van der Waals surface area contributed by atoms with Gasteiger partial charge in [0.1, 0.15) is 11.4 Å². The van der Waals surface area contributed by atoms with E-state index < -0.39 is 5.91 Å². The summed E-state index contributed by atoms with van der Waals surface area (Å²) in [6.07, 6.45) is 7.49.